The maximum absolute atomic E-state index is 5.79. The van der Waals surface area contributed by atoms with Crippen LogP contribution in [-0.2, 0) is 0 Å². The number of hydrogen-bond acceptors (Lipinski definition) is 3. The molecule has 2 N–H and O–H groups in total. The molecule has 1 aliphatic heterocycles. The summed E-state index contributed by atoms with van der Waals surface area (Å²) in [5, 5.41) is 6.98. The van der Waals surface area contributed by atoms with E-state index in [2.05, 4.69) is 36.6 Å². The number of rotatable bonds is 6. The van der Waals surface area contributed by atoms with Crippen LogP contribution >= 0.6 is 0 Å². The largest absolute Gasteiger partial charge is 0.492 e. The second kappa shape index (κ2) is 7.51. The van der Waals surface area contributed by atoms with Gasteiger partial charge in [-0.2, -0.15) is 0 Å². The van der Waals surface area contributed by atoms with Gasteiger partial charge in [0.2, 0.25) is 0 Å². The molecule has 0 amide bonds. The molecular formula is C16H26N2O. The van der Waals surface area contributed by atoms with Crippen molar-refractivity contribution >= 4 is 0 Å². The molecule has 106 valence electrons. The fourth-order valence-electron chi connectivity index (χ4n) is 2.37. The molecule has 0 spiro atoms. The Balaban J connectivity index is 1.63. The first kappa shape index (κ1) is 14.4. The molecule has 19 heavy (non-hydrogen) atoms. The summed E-state index contributed by atoms with van der Waals surface area (Å²) in [6.45, 7) is 8.46. The van der Waals surface area contributed by atoms with Gasteiger partial charge >= 0.3 is 0 Å². The molecule has 0 aromatic heterocycles. The first-order valence-electron chi connectivity index (χ1n) is 7.37. The molecule has 1 aliphatic rings. The van der Waals surface area contributed by atoms with Crippen LogP contribution in [0.5, 0.6) is 5.75 Å². The maximum Gasteiger partial charge on any atom is 0.119 e. The quantitative estimate of drug-likeness (QED) is 0.825. The molecule has 0 radical (unpaired) electrons. The van der Waals surface area contributed by atoms with Crippen LogP contribution in [0.3, 0.4) is 0 Å². The van der Waals surface area contributed by atoms with Crippen molar-refractivity contribution in [3.63, 3.8) is 0 Å². The Morgan fingerprint density at radius 2 is 1.95 bits per heavy atom. The van der Waals surface area contributed by atoms with Crippen LogP contribution < -0.4 is 15.4 Å². The summed E-state index contributed by atoms with van der Waals surface area (Å²) in [5.74, 6) is 1.78. The van der Waals surface area contributed by atoms with Gasteiger partial charge in [-0.25, -0.2) is 0 Å². The predicted molar refractivity (Wildman–Crippen MR) is 79.7 cm³/mol. The highest BCUT2D eigenvalue weighted by Gasteiger charge is 2.13. The average molecular weight is 262 g/mol. The van der Waals surface area contributed by atoms with E-state index in [4.69, 9.17) is 4.74 Å². The lowest BCUT2D eigenvalue weighted by molar-refractivity contribution is 0.258. The van der Waals surface area contributed by atoms with Gasteiger partial charge in [0.15, 0.2) is 0 Å². The van der Waals surface area contributed by atoms with Crippen LogP contribution in [-0.4, -0.2) is 32.3 Å². The maximum atomic E-state index is 5.79. The van der Waals surface area contributed by atoms with Crippen molar-refractivity contribution < 1.29 is 4.74 Å². The van der Waals surface area contributed by atoms with Gasteiger partial charge < -0.3 is 15.4 Å². The van der Waals surface area contributed by atoms with E-state index in [1.807, 2.05) is 12.1 Å². The molecule has 0 aliphatic carbocycles. The van der Waals surface area contributed by atoms with Crippen molar-refractivity contribution in [3.8, 4) is 5.75 Å². The minimum absolute atomic E-state index is 0.399. The van der Waals surface area contributed by atoms with Gasteiger partial charge in [0.05, 0.1) is 0 Å². The minimum Gasteiger partial charge on any atom is -0.492 e. The SMILES string of the molecule is Cc1ccc(OCC(C)NCC2CCNCC2)cc1. The van der Waals surface area contributed by atoms with Crippen molar-refractivity contribution in [1.29, 1.82) is 0 Å². The molecule has 1 unspecified atom stereocenters. The summed E-state index contributed by atoms with van der Waals surface area (Å²) < 4.78 is 5.79. The second-order valence-corrected chi connectivity index (χ2v) is 5.63. The summed E-state index contributed by atoms with van der Waals surface area (Å²) >= 11 is 0. The molecule has 1 saturated heterocycles. The molecule has 1 fully saturated rings. The molecule has 0 saturated carbocycles. The molecular weight excluding hydrogens is 236 g/mol. The Labute approximate surface area is 116 Å². The standard InChI is InChI=1S/C16H26N2O/c1-13-3-5-16(6-4-13)19-12-14(2)18-11-15-7-9-17-10-8-15/h3-6,14-15,17-18H,7-12H2,1-2H3. The third kappa shape index (κ3) is 5.21. The Kier molecular flexibility index (Phi) is 5.67. The smallest absolute Gasteiger partial charge is 0.119 e. The zero-order valence-corrected chi connectivity index (χ0v) is 12.1. The monoisotopic (exact) mass is 262 g/mol. The van der Waals surface area contributed by atoms with Gasteiger partial charge in [-0.05, 0) is 64.4 Å². The number of nitrogens with one attached hydrogen (secondary N) is 2. The number of hydrogen-bond donors (Lipinski definition) is 2. The van der Waals surface area contributed by atoms with E-state index in [1.165, 1.54) is 31.5 Å². The summed E-state index contributed by atoms with van der Waals surface area (Å²) in [6, 6.07) is 8.64. The van der Waals surface area contributed by atoms with Crippen molar-refractivity contribution in [2.45, 2.75) is 32.7 Å². The van der Waals surface area contributed by atoms with Crippen LogP contribution in [0.15, 0.2) is 24.3 Å². The number of aryl methyl sites for hydroxylation is 1. The van der Waals surface area contributed by atoms with Crippen LogP contribution in [0.2, 0.25) is 0 Å². The van der Waals surface area contributed by atoms with E-state index in [0.29, 0.717) is 6.04 Å². The molecule has 3 heteroatoms. The lowest BCUT2D eigenvalue weighted by Crippen LogP contribution is -2.39. The minimum atomic E-state index is 0.399. The third-order valence-electron chi connectivity index (χ3n) is 3.73. The number of benzene rings is 1. The molecule has 3 nitrogen and oxygen atoms in total. The second-order valence-electron chi connectivity index (χ2n) is 5.63. The van der Waals surface area contributed by atoms with E-state index in [0.717, 1.165) is 24.8 Å². The summed E-state index contributed by atoms with van der Waals surface area (Å²) in [4.78, 5) is 0. The van der Waals surface area contributed by atoms with Gasteiger partial charge in [0.25, 0.3) is 0 Å². The Morgan fingerprint density at radius 3 is 2.63 bits per heavy atom. The Hall–Kier alpha value is -1.06. The summed E-state index contributed by atoms with van der Waals surface area (Å²) in [7, 11) is 0. The number of ether oxygens (including phenoxy) is 1. The predicted octanol–water partition coefficient (Wildman–Crippen LogP) is 2.35. The fourth-order valence-corrected chi connectivity index (χ4v) is 2.37. The molecule has 1 atom stereocenters. The van der Waals surface area contributed by atoms with Gasteiger partial charge in [-0.1, -0.05) is 17.7 Å². The fraction of sp³-hybridized carbons (Fsp3) is 0.625. The summed E-state index contributed by atoms with van der Waals surface area (Å²) in [6.07, 6.45) is 2.58. The lowest BCUT2D eigenvalue weighted by Gasteiger charge is -2.24. The van der Waals surface area contributed by atoms with Crippen molar-refractivity contribution in [2.24, 2.45) is 5.92 Å². The zero-order valence-electron chi connectivity index (χ0n) is 12.1. The van der Waals surface area contributed by atoms with Gasteiger partial charge in [0, 0.05) is 6.04 Å². The van der Waals surface area contributed by atoms with Crippen LogP contribution in [0.4, 0.5) is 0 Å². The average Bonchev–Trinajstić information content (AvgIpc) is 2.45. The first-order chi connectivity index (χ1) is 9.24. The first-order valence-corrected chi connectivity index (χ1v) is 7.37. The van der Waals surface area contributed by atoms with Gasteiger partial charge in [0.1, 0.15) is 12.4 Å². The molecule has 1 aromatic rings. The van der Waals surface area contributed by atoms with Crippen LogP contribution in [0.1, 0.15) is 25.3 Å². The number of piperidine rings is 1. The topological polar surface area (TPSA) is 33.3 Å². The van der Waals surface area contributed by atoms with E-state index in [9.17, 15) is 0 Å². The highest BCUT2D eigenvalue weighted by atomic mass is 16.5. The zero-order chi connectivity index (χ0) is 13.5. The van der Waals surface area contributed by atoms with Crippen LogP contribution in [0, 0.1) is 12.8 Å². The Bertz CT molecular complexity index is 358. The normalized spacial score (nSPS) is 18.2. The van der Waals surface area contributed by atoms with Gasteiger partial charge in [-0.3, -0.25) is 0 Å². The summed E-state index contributed by atoms with van der Waals surface area (Å²) in [5.41, 5.74) is 1.27. The van der Waals surface area contributed by atoms with Crippen molar-refractivity contribution in [3.05, 3.63) is 29.8 Å². The molecule has 1 aromatic carbocycles. The van der Waals surface area contributed by atoms with E-state index < -0.39 is 0 Å². The van der Waals surface area contributed by atoms with E-state index in [-0.39, 0.29) is 0 Å². The molecule has 1 heterocycles. The van der Waals surface area contributed by atoms with Crippen LogP contribution in [0.25, 0.3) is 0 Å². The van der Waals surface area contributed by atoms with Crippen molar-refractivity contribution in [1.82, 2.24) is 10.6 Å². The highest BCUT2D eigenvalue weighted by Crippen LogP contribution is 2.12. The van der Waals surface area contributed by atoms with E-state index in [1.54, 1.807) is 0 Å². The molecule has 2 rings (SSSR count). The van der Waals surface area contributed by atoms with E-state index >= 15 is 0 Å². The molecule has 0 bridgehead atoms. The van der Waals surface area contributed by atoms with Crippen molar-refractivity contribution in [2.75, 3.05) is 26.2 Å². The third-order valence-corrected chi connectivity index (χ3v) is 3.73. The Morgan fingerprint density at radius 1 is 1.26 bits per heavy atom. The van der Waals surface area contributed by atoms with Gasteiger partial charge in [-0.15, -0.1) is 0 Å². The highest BCUT2D eigenvalue weighted by molar-refractivity contribution is 5.26. The lowest BCUT2D eigenvalue weighted by atomic mass is 9.98.